The zero-order chi connectivity index (χ0) is 15.9. The minimum atomic E-state index is -3.75. The van der Waals surface area contributed by atoms with Gasteiger partial charge in [0.1, 0.15) is 11.3 Å². The van der Waals surface area contributed by atoms with E-state index < -0.39 is 16.0 Å². The number of aryl methyl sites for hydroxylation is 1. The summed E-state index contributed by atoms with van der Waals surface area (Å²) in [6.07, 6.45) is 2.51. The molecule has 0 aromatic carbocycles. The fourth-order valence-electron chi connectivity index (χ4n) is 3.33. The van der Waals surface area contributed by atoms with Crippen LogP contribution in [0.2, 0.25) is 0 Å². The lowest BCUT2D eigenvalue weighted by Gasteiger charge is -2.25. The predicted molar refractivity (Wildman–Crippen MR) is 85.4 cm³/mol. The van der Waals surface area contributed by atoms with E-state index in [4.69, 9.17) is 4.42 Å². The Balaban J connectivity index is 0.00000192. The zero-order valence-corrected chi connectivity index (χ0v) is 14.7. The number of carbonyl (C=O) groups excluding carboxylic acids is 1. The minimum absolute atomic E-state index is 0. The summed E-state index contributed by atoms with van der Waals surface area (Å²) in [5.74, 6) is -0.339. The summed E-state index contributed by atoms with van der Waals surface area (Å²) >= 11 is 0. The summed E-state index contributed by atoms with van der Waals surface area (Å²) in [5.41, 5.74) is 0.154. The van der Waals surface area contributed by atoms with Gasteiger partial charge in [-0.1, -0.05) is 0 Å². The molecule has 2 bridgehead atoms. The first-order chi connectivity index (χ1) is 10.4. The van der Waals surface area contributed by atoms with Gasteiger partial charge in [-0.05, 0) is 32.7 Å². The molecule has 1 aromatic heterocycles. The molecule has 2 aliphatic heterocycles. The van der Waals surface area contributed by atoms with E-state index in [1.165, 1.54) is 13.2 Å². The SMILES string of the molecule is COC(=O)c1cc(S(=O)(=O)N2C3CCNCC2CC3)oc1C.Cl. The fourth-order valence-corrected chi connectivity index (χ4v) is 5.21. The first-order valence-electron chi connectivity index (χ1n) is 7.38. The van der Waals surface area contributed by atoms with Gasteiger partial charge in [0.15, 0.2) is 0 Å². The molecule has 23 heavy (non-hydrogen) atoms. The number of carbonyl (C=O) groups is 1. The molecule has 3 heterocycles. The van der Waals surface area contributed by atoms with E-state index in [0.29, 0.717) is 6.54 Å². The molecule has 0 aliphatic carbocycles. The number of nitrogens with zero attached hydrogens (tertiary/aromatic N) is 1. The summed E-state index contributed by atoms with van der Waals surface area (Å²) in [4.78, 5) is 11.6. The van der Waals surface area contributed by atoms with Gasteiger partial charge in [0, 0.05) is 24.7 Å². The van der Waals surface area contributed by atoms with Gasteiger partial charge >= 0.3 is 5.97 Å². The van der Waals surface area contributed by atoms with Gasteiger partial charge in [0.05, 0.1) is 7.11 Å². The van der Waals surface area contributed by atoms with Crippen LogP contribution in [0.25, 0.3) is 0 Å². The summed E-state index contributed by atoms with van der Waals surface area (Å²) < 4.78 is 37.4. The third-order valence-corrected chi connectivity index (χ3v) is 6.28. The minimum Gasteiger partial charge on any atom is -0.465 e. The number of nitrogens with one attached hydrogen (secondary N) is 1. The van der Waals surface area contributed by atoms with E-state index in [2.05, 4.69) is 10.1 Å². The van der Waals surface area contributed by atoms with Gasteiger partial charge < -0.3 is 14.5 Å². The van der Waals surface area contributed by atoms with Crippen LogP contribution in [0.4, 0.5) is 0 Å². The quantitative estimate of drug-likeness (QED) is 0.813. The Kier molecular flexibility index (Phi) is 5.40. The molecule has 130 valence electrons. The van der Waals surface area contributed by atoms with Crippen molar-refractivity contribution in [2.75, 3.05) is 20.2 Å². The highest BCUT2D eigenvalue weighted by molar-refractivity contribution is 7.89. The fraction of sp³-hybridized carbons (Fsp3) is 0.643. The Morgan fingerprint density at radius 1 is 1.35 bits per heavy atom. The van der Waals surface area contributed by atoms with Gasteiger partial charge in [-0.15, -0.1) is 12.4 Å². The largest absolute Gasteiger partial charge is 0.465 e. The highest BCUT2D eigenvalue weighted by Crippen LogP contribution is 2.34. The number of methoxy groups -OCH3 is 1. The highest BCUT2D eigenvalue weighted by atomic mass is 35.5. The van der Waals surface area contributed by atoms with Crippen molar-refractivity contribution in [3.8, 4) is 0 Å². The second-order valence-corrected chi connectivity index (χ2v) is 7.51. The molecular formula is C14H21ClN2O5S. The third-order valence-electron chi connectivity index (χ3n) is 4.42. The summed E-state index contributed by atoms with van der Waals surface area (Å²) in [5, 5.41) is 3.09. The Labute approximate surface area is 141 Å². The number of rotatable bonds is 3. The second-order valence-electron chi connectivity index (χ2n) is 5.74. The van der Waals surface area contributed by atoms with E-state index >= 15 is 0 Å². The van der Waals surface area contributed by atoms with Crippen molar-refractivity contribution in [2.45, 2.75) is 43.4 Å². The third kappa shape index (κ3) is 3.13. The van der Waals surface area contributed by atoms with Crippen LogP contribution >= 0.6 is 12.4 Å². The Morgan fingerprint density at radius 3 is 2.74 bits per heavy atom. The number of fused-ring (bicyclic) bond motifs is 2. The van der Waals surface area contributed by atoms with Crippen molar-refractivity contribution in [3.05, 3.63) is 17.4 Å². The molecule has 2 fully saturated rings. The van der Waals surface area contributed by atoms with Crippen LogP contribution in [0.5, 0.6) is 0 Å². The van der Waals surface area contributed by atoms with Crippen LogP contribution < -0.4 is 5.32 Å². The number of halogens is 1. The van der Waals surface area contributed by atoms with Crippen molar-refractivity contribution in [1.82, 2.24) is 9.62 Å². The molecule has 9 heteroatoms. The van der Waals surface area contributed by atoms with Gasteiger partial charge in [-0.25, -0.2) is 13.2 Å². The van der Waals surface area contributed by atoms with Gasteiger partial charge in [-0.2, -0.15) is 4.31 Å². The molecule has 3 rings (SSSR count). The number of hydrogen-bond acceptors (Lipinski definition) is 6. The molecule has 7 nitrogen and oxygen atoms in total. The molecule has 0 amide bonds. The number of sulfonamides is 1. The van der Waals surface area contributed by atoms with Crippen molar-refractivity contribution in [3.63, 3.8) is 0 Å². The number of hydrogen-bond donors (Lipinski definition) is 1. The van der Waals surface area contributed by atoms with E-state index in [-0.39, 0.29) is 40.9 Å². The average molecular weight is 365 g/mol. The predicted octanol–water partition coefficient (Wildman–Crippen LogP) is 1.31. The van der Waals surface area contributed by atoms with Crippen molar-refractivity contribution in [2.24, 2.45) is 0 Å². The van der Waals surface area contributed by atoms with Gasteiger partial charge in [-0.3, -0.25) is 0 Å². The first-order valence-corrected chi connectivity index (χ1v) is 8.82. The van der Waals surface area contributed by atoms with E-state index in [0.717, 1.165) is 25.8 Å². The molecular weight excluding hydrogens is 344 g/mol. The lowest BCUT2D eigenvalue weighted by Crippen LogP contribution is -2.42. The second kappa shape index (κ2) is 6.80. The smallest absolute Gasteiger partial charge is 0.341 e. The highest BCUT2D eigenvalue weighted by Gasteiger charge is 2.44. The Morgan fingerprint density at radius 2 is 2.04 bits per heavy atom. The van der Waals surface area contributed by atoms with Crippen LogP contribution in [-0.2, 0) is 14.8 Å². The monoisotopic (exact) mass is 364 g/mol. The summed E-state index contributed by atoms with van der Waals surface area (Å²) in [7, 11) is -2.49. The molecule has 0 radical (unpaired) electrons. The Bertz CT molecular complexity index is 673. The maximum absolute atomic E-state index is 12.9. The van der Waals surface area contributed by atoms with Crippen LogP contribution in [0.1, 0.15) is 35.4 Å². The normalized spacial score (nSPS) is 24.8. The van der Waals surface area contributed by atoms with Crippen LogP contribution in [0, 0.1) is 6.92 Å². The Hall–Kier alpha value is -1.09. The number of esters is 1. The number of furan rings is 1. The van der Waals surface area contributed by atoms with Crippen molar-refractivity contribution < 1.29 is 22.4 Å². The van der Waals surface area contributed by atoms with E-state index in [9.17, 15) is 13.2 Å². The standard InChI is InChI=1S/C14H20N2O5S.ClH/c1-9-12(14(17)20-2)7-13(21-9)22(18,19)16-10-3-4-11(16)8-15-6-5-10;/h7,10-11,15H,3-6,8H2,1-2H3;1H. The van der Waals surface area contributed by atoms with Gasteiger partial charge in [0.25, 0.3) is 10.0 Å². The van der Waals surface area contributed by atoms with Crippen LogP contribution in [-0.4, -0.2) is 51.0 Å². The van der Waals surface area contributed by atoms with E-state index in [1.54, 1.807) is 11.2 Å². The zero-order valence-electron chi connectivity index (χ0n) is 13.1. The summed E-state index contributed by atoms with van der Waals surface area (Å²) in [6, 6.07) is 1.22. The van der Waals surface area contributed by atoms with Crippen molar-refractivity contribution in [1.29, 1.82) is 0 Å². The summed E-state index contributed by atoms with van der Waals surface area (Å²) in [6.45, 7) is 3.03. The molecule has 1 aromatic rings. The lowest BCUT2D eigenvalue weighted by atomic mass is 10.1. The maximum Gasteiger partial charge on any atom is 0.341 e. The molecule has 0 saturated carbocycles. The number of ether oxygens (including phenoxy) is 1. The average Bonchev–Trinajstić information content (AvgIpc) is 2.98. The molecule has 2 unspecified atom stereocenters. The molecule has 2 saturated heterocycles. The van der Waals surface area contributed by atoms with Crippen molar-refractivity contribution >= 4 is 28.4 Å². The molecule has 2 atom stereocenters. The van der Waals surface area contributed by atoms with E-state index in [1.807, 2.05) is 0 Å². The maximum atomic E-state index is 12.9. The lowest BCUT2D eigenvalue weighted by molar-refractivity contribution is 0.0598. The molecule has 2 aliphatic rings. The topological polar surface area (TPSA) is 88.9 Å². The van der Waals surface area contributed by atoms with Gasteiger partial charge in [0.2, 0.25) is 5.09 Å². The molecule has 1 N–H and O–H groups in total. The molecule has 0 spiro atoms. The van der Waals surface area contributed by atoms with Crippen LogP contribution in [0.15, 0.2) is 15.6 Å². The first kappa shape index (κ1) is 18.3. The van der Waals surface area contributed by atoms with Crippen LogP contribution in [0.3, 0.4) is 0 Å².